The number of aliphatic hydroxyl groups excluding tert-OH is 1. The van der Waals surface area contributed by atoms with Gasteiger partial charge in [0.2, 0.25) is 5.75 Å². The molecule has 2 aromatic rings. The zero-order valence-electron chi connectivity index (χ0n) is 15.4. The minimum Gasteiger partial charge on any atom is -0.482 e. The Morgan fingerprint density at radius 2 is 1.96 bits per heavy atom. The van der Waals surface area contributed by atoms with Gasteiger partial charge in [0.15, 0.2) is 0 Å². The number of hydrogen-bond acceptors (Lipinski definition) is 6. The van der Waals surface area contributed by atoms with Crippen LogP contribution in [-0.2, 0) is 6.61 Å². The molecule has 0 spiro atoms. The largest absolute Gasteiger partial charge is 0.482 e. The highest BCUT2D eigenvalue weighted by Gasteiger charge is 2.26. The van der Waals surface area contributed by atoms with Gasteiger partial charge >= 0.3 is 5.69 Å². The number of aryl methyl sites for hydroxylation is 1. The number of β-amino-alcohol motifs (C(OH)–C–C–N with tert-alkyl or cyclic N) is 1. The fourth-order valence-corrected chi connectivity index (χ4v) is 3.29. The number of nitrogens with one attached hydrogen (secondary N) is 1. The lowest BCUT2D eigenvalue weighted by molar-refractivity contribution is -0.386. The lowest BCUT2D eigenvalue weighted by atomic mass is 10.0. The molecule has 1 unspecified atom stereocenters. The van der Waals surface area contributed by atoms with Crippen LogP contribution in [0.25, 0.3) is 0 Å². The molecule has 0 radical (unpaired) electrons. The molecule has 0 saturated carbocycles. The van der Waals surface area contributed by atoms with Crippen LogP contribution < -0.4 is 10.1 Å². The van der Waals surface area contributed by atoms with Crippen molar-refractivity contribution in [1.82, 2.24) is 10.2 Å². The van der Waals surface area contributed by atoms with Crippen LogP contribution in [0.1, 0.15) is 22.8 Å². The van der Waals surface area contributed by atoms with Crippen molar-refractivity contribution < 1.29 is 14.8 Å². The first-order valence-electron chi connectivity index (χ1n) is 9.11. The number of nitrogens with zero attached hydrogens (tertiary/aromatic N) is 2. The fourth-order valence-electron chi connectivity index (χ4n) is 3.29. The topological polar surface area (TPSA) is 87.9 Å². The number of ether oxygens (including phenoxy) is 1. The van der Waals surface area contributed by atoms with Gasteiger partial charge in [-0.1, -0.05) is 30.3 Å². The Bertz CT molecular complexity index is 776. The van der Waals surface area contributed by atoms with Crippen LogP contribution in [0.4, 0.5) is 5.69 Å². The Hall–Kier alpha value is -2.48. The Morgan fingerprint density at radius 3 is 2.63 bits per heavy atom. The summed E-state index contributed by atoms with van der Waals surface area (Å²) in [5, 5.41) is 25.7. The van der Waals surface area contributed by atoms with Crippen LogP contribution in [0.3, 0.4) is 0 Å². The maximum absolute atomic E-state index is 11.6. The molecule has 1 aliphatic heterocycles. The Kier molecular flexibility index (Phi) is 6.39. The number of aliphatic hydroxyl groups is 1. The van der Waals surface area contributed by atoms with Gasteiger partial charge < -0.3 is 15.2 Å². The van der Waals surface area contributed by atoms with Crippen molar-refractivity contribution in [3.05, 3.63) is 69.3 Å². The van der Waals surface area contributed by atoms with E-state index >= 15 is 0 Å². The van der Waals surface area contributed by atoms with Crippen molar-refractivity contribution in [3.63, 3.8) is 0 Å². The standard InChI is InChI=1S/C20H25N3O4/c1-15-11-17(19(24)13-22-9-7-21-8-10-22)20(18(12-15)23(25)26)27-14-16-5-3-2-4-6-16/h2-6,11-12,19,21,24H,7-10,13-14H2,1H3. The van der Waals surface area contributed by atoms with Gasteiger partial charge in [-0.3, -0.25) is 15.0 Å². The second-order valence-corrected chi connectivity index (χ2v) is 6.80. The second-order valence-electron chi connectivity index (χ2n) is 6.80. The van der Waals surface area contributed by atoms with E-state index in [4.69, 9.17) is 4.74 Å². The van der Waals surface area contributed by atoms with E-state index in [2.05, 4.69) is 10.2 Å². The average Bonchev–Trinajstić information content (AvgIpc) is 2.68. The van der Waals surface area contributed by atoms with Crippen molar-refractivity contribution >= 4 is 5.69 Å². The SMILES string of the molecule is Cc1cc(C(O)CN2CCNCC2)c(OCc2ccccc2)c([N+](=O)[O-])c1. The minimum atomic E-state index is -0.854. The molecule has 0 bridgehead atoms. The first-order chi connectivity index (χ1) is 13.0. The van der Waals surface area contributed by atoms with Crippen LogP contribution in [0.2, 0.25) is 0 Å². The van der Waals surface area contributed by atoms with Crippen molar-refractivity contribution in [1.29, 1.82) is 0 Å². The molecule has 0 aliphatic carbocycles. The van der Waals surface area contributed by atoms with Crippen LogP contribution in [0.15, 0.2) is 42.5 Å². The maximum Gasteiger partial charge on any atom is 0.311 e. The monoisotopic (exact) mass is 371 g/mol. The molecule has 2 aromatic carbocycles. The lowest BCUT2D eigenvalue weighted by Gasteiger charge is -2.29. The van der Waals surface area contributed by atoms with E-state index in [1.807, 2.05) is 30.3 Å². The van der Waals surface area contributed by atoms with E-state index in [1.54, 1.807) is 13.0 Å². The van der Waals surface area contributed by atoms with Gasteiger partial charge in [0.25, 0.3) is 0 Å². The molecule has 1 aliphatic rings. The molecule has 1 fully saturated rings. The number of nitro groups is 1. The average molecular weight is 371 g/mol. The highest BCUT2D eigenvalue weighted by molar-refractivity contribution is 5.55. The van der Waals surface area contributed by atoms with Crippen molar-refractivity contribution in [3.8, 4) is 5.75 Å². The third-order valence-corrected chi connectivity index (χ3v) is 4.66. The van der Waals surface area contributed by atoms with E-state index in [0.717, 1.165) is 37.3 Å². The van der Waals surface area contributed by atoms with Gasteiger partial charge in [0, 0.05) is 44.4 Å². The zero-order chi connectivity index (χ0) is 19.2. The summed E-state index contributed by atoms with van der Waals surface area (Å²) in [5.74, 6) is 0.150. The number of piperazine rings is 1. The molecule has 3 rings (SSSR count). The molecule has 7 nitrogen and oxygen atoms in total. The van der Waals surface area contributed by atoms with E-state index in [9.17, 15) is 15.2 Å². The summed E-state index contributed by atoms with van der Waals surface area (Å²) in [6.45, 7) is 5.84. The first-order valence-corrected chi connectivity index (χ1v) is 9.11. The molecule has 1 heterocycles. The van der Waals surface area contributed by atoms with Crippen LogP contribution in [0, 0.1) is 17.0 Å². The second kappa shape index (κ2) is 8.94. The van der Waals surface area contributed by atoms with Gasteiger partial charge in [-0.05, 0) is 24.1 Å². The summed E-state index contributed by atoms with van der Waals surface area (Å²) in [6, 6.07) is 12.8. The van der Waals surface area contributed by atoms with Crippen LogP contribution >= 0.6 is 0 Å². The van der Waals surface area contributed by atoms with Gasteiger partial charge in [-0.15, -0.1) is 0 Å². The van der Waals surface area contributed by atoms with Gasteiger partial charge in [-0.2, -0.15) is 0 Å². The molecule has 2 N–H and O–H groups in total. The van der Waals surface area contributed by atoms with E-state index in [0.29, 0.717) is 12.1 Å². The highest BCUT2D eigenvalue weighted by Crippen LogP contribution is 2.37. The summed E-state index contributed by atoms with van der Waals surface area (Å²) in [6.07, 6.45) is -0.854. The Labute approximate surface area is 158 Å². The molecule has 27 heavy (non-hydrogen) atoms. The quantitative estimate of drug-likeness (QED) is 0.574. The van der Waals surface area contributed by atoms with Crippen LogP contribution in [-0.4, -0.2) is 47.7 Å². The summed E-state index contributed by atoms with van der Waals surface area (Å²) in [5.41, 5.74) is 1.99. The molecular formula is C20H25N3O4. The normalized spacial score (nSPS) is 16.1. The smallest absolute Gasteiger partial charge is 0.311 e. The third kappa shape index (κ3) is 5.03. The molecule has 7 heteroatoms. The summed E-state index contributed by atoms with van der Waals surface area (Å²) >= 11 is 0. The predicted octanol–water partition coefficient (Wildman–Crippen LogP) is 2.42. The fraction of sp³-hybridized carbons (Fsp3) is 0.400. The number of nitro benzene ring substituents is 1. The van der Waals surface area contributed by atoms with Gasteiger partial charge in [0.05, 0.1) is 11.0 Å². The van der Waals surface area contributed by atoms with E-state index < -0.39 is 11.0 Å². The molecule has 0 aromatic heterocycles. The highest BCUT2D eigenvalue weighted by atomic mass is 16.6. The van der Waals surface area contributed by atoms with Crippen molar-refractivity contribution in [2.75, 3.05) is 32.7 Å². The molecule has 144 valence electrons. The van der Waals surface area contributed by atoms with Crippen LogP contribution in [0.5, 0.6) is 5.75 Å². The van der Waals surface area contributed by atoms with E-state index in [-0.39, 0.29) is 18.0 Å². The number of rotatable bonds is 7. The van der Waals surface area contributed by atoms with Crippen molar-refractivity contribution in [2.45, 2.75) is 19.6 Å². The summed E-state index contributed by atoms with van der Waals surface area (Å²) < 4.78 is 5.85. The van der Waals surface area contributed by atoms with Crippen molar-refractivity contribution in [2.24, 2.45) is 0 Å². The van der Waals surface area contributed by atoms with E-state index in [1.165, 1.54) is 6.07 Å². The lowest BCUT2D eigenvalue weighted by Crippen LogP contribution is -2.45. The Balaban J connectivity index is 1.87. The Morgan fingerprint density at radius 1 is 1.26 bits per heavy atom. The molecular weight excluding hydrogens is 346 g/mol. The summed E-state index contributed by atoms with van der Waals surface area (Å²) in [7, 11) is 0. The third-order valence-electron chi connectivity index (χ3n) is 4.66. The first kappa shape index (κ1) is 19.3. The zero-order valence-corrected chi connectivity index (χ0v) is 15.4. The number of hydrogen-bond donors (Lipinski definition) is 2. The van der Waals surface area contributed by atoms with Gasteiger partial charge in [0.1, 0.15) is 6.61 Å². The summed E-state index contributed by atoms with van der Waals surface area (Å²) in [4.78, 5) is 13.3. The predicted molar refractivity (Wildman–Crippen MR) is 103 cm³/mol. The van der Waals surface area contributed by atoms with Gasteiger partial charge in [-0.25, -0.2) is 0 Å². The molecule has 1 saturated heterocycles. The number of benzene rings is 2. The molecule has 0 amide bonds. The molecule has 1 atom stereocenters. The maximum atomic E-state index is 11.6. The minimum absolute atomic E-state index is 0.111.